The number of nitrogens with one attached hydrogen (secondary N) is 1. The minimum absolute atomic E-state index is 0.00783. The number of carbonyl (C=O) groups is 1. The Morgan fingerprint density at radius 2 is 1.71 bits per heavy atom. The molecule has 0 bridgehead atoms. The molecule has 0 saturated heterocycles. The number of benzene rings is 1. The summed E-state index contributed by atoms with van der Waals surface area (Å²) in [5.74, 6) is 0.547. The second-order valence-electron chi connectivity index (χ2n) is 8.33. The largest absolute Gasteiger partial charge is 0.326 e. The molecule has 3 aromatic rings. The second kappa shape index (κ2) is 10.1. The Hall–Kier alpha value is -2.67. The molecule has 0 aliphatic heterocycles. The van der Waals surface area contributed by atoms with Gasteiger partial charge in [0.25, 0.3) is 0 Å². The molecule has 0 spiro atoms. The van der Waals surface area contributed by atoms with Gasteiger partial charge in [-0.15, -0.1) is 0 Å². The molecule has 2 aromatic heterocycles. The van der Waals surface area contributed by atoms with Gasteiger partial charge in [0.05, 0.1) is 5.69 Å². The fraction of sp³-hybridized carbons (Fsp3) is 0.417. The lowest BCUT2D eigenvalue weighted by Crippen LogP contribution is -2.13. The van der Waals surface area contributed by atoms with Crippen LogP contribution in [0.2, 0.25) is 0 Å². The fourth-order valence-corrected chi connectivity index (χ4v) is 4.39. The summed E-state index contributed by atoms with van der Waals surface area (Å²) in [5.41, 5.74) is 6.06. The van der Waals surface area contributed by atoms with Crippen molar-refractivity contribution in [2.24, 2.45) is 5.92 Å². The predicted octanol–water partition coefficient (Wildman–Crippen LogP) is 5.29. The Balaban J connectivity index is 1.56. The molecule has 0 aliphatic rings. The zero-order valence-corrected chi connectivity index (χ0v) is 20.0. The van der Waals surface area contributed by atoms with Crippen LogP contribution < -0.4 is 5.32 Å². The molecule has 2 heterocycles. The summed E-state index contributed by atoms with van der Waals surface area (Å²) in [6.07, 6.45) is 1.13. The molecule has 164 valence electrons. The van der Waals surface area contributed by atoms with Crippen molar-refractivity contribution >= 4 is 23.4 Å². The lowest BCUT2D eigenvalue weighted by atomic mass is 10.1. The van der Waals surface area contributed by atoms with E-state index < -0.39 is 0 Å². The lowest BCUT2D eigenvalue weighted by Gasteiger charge is -2.09. The third-order valence-corrected chi connectivity index (χ3v) is 5.85. The first kappa shape index (κ1) is 23.0. The maximum atomic E-state index is 12.5. The number of hydrogen-bond acceptors (Lipinski definition) is 5. The number of aromatic nitrogens is 4. The van der Waals surface area contributed by atoms with E-state index in [1.54, 1.807) is 0 Å². The summed E-state index contributed by atoms with van der Waals surface area (Å²) in [4.78, 5) is 22.4. The van der Waals surface area contributed by atoms with Crippen LogP contribution in [0.1, 0.15) is 48.6 Å². The first-order valence-corrected chi connectivity index (χ1v) is 11.5. The van der Waals surface area contributed by atoms with Crippen LogP contribution in [0.25, 0.3) is 0 Å². The summed E-state index contributed by atoms with van der Waals surface area (Å²) in [5, 5.41) is 8.37. The van der Waals surface area contributed by atoms with Crippen LogP contribution in [0.5, 0.6) is 0 Å². The summed E-state index contributed by atoms with van der Waals surface area (Å²) < 4.78 is 2.06. The van der Waals surface area contributed by atoms with E-state index in [2.05, 4.69) is 45.8 Å². The van der Waals surface area contributed by atoms with Gasteiger partial charge in [0.2, 0.25) is 5.91 Å². The molecule has 1 amide bonds. The third kappa shape index (κ3) is 6.40. The first-order chi connectivity index (χ1) is 14.7. The molecule has 0 aliphatic carbocycles. The topological polar surface area (TPSA) is 72.7 Å². The summed E-state index contributed by atoms with van der Waals surface area (Å²) >= 11 is 1.52. The van der Waals surface area contributed by atoms with Gasteiger partial charge in [-0.25, -0.2) is 9.97 Å². The minimum Gasteiger partial charge on any atom is -0.326 e. The number of nitrogens with zero attached hydrogens (tertiary/aromatic N) is 4. The van der Waals surface area contributed by atoms with E-state index in [9.17, 15) is 4.79 Å². The molecule has 0 radical (unpaired) electrons. The smallest absolute Gasteiger partial charge is 0.224 e. The maximum absolute atomic E-state index is 12.5. The zero-order valence-electron chi connectivity index (χ0n) is 19.2. The Morgan fingerprint density at radius 3 is 2.32 bits per heavy atom. The summed E-state index contributed by atoms with van der Waals surface area (Å²) in [6.45, 7) is 13.3. The van der Waals surface area contributed by atoms with E-state index in [-0.39, 0.29) is 5.91 Å². The summed E-state index contributed by atoms with van der Waals surface area (Å²) in [7, 11) is 0. The Kier molecular flexibility index (Phi) is 7.49. The van der Waals surface area contributed by atoms with Gasteiger partial charge in [0, 0.05) is 40.6 Å². The van der Waals surface area contributed by atoms with Gasteiger partial charge in [-0.05, 0) is 87.7 Å². The normalized spacial score (nSPS) is 11.2. The van der Waals surface area contributed by atoms with Gasteiger partial charge in [0.15, 0.2) is 5.16 Å². The average Bonchev–Trinajstić information content (AvgIpc) is 2.93. The highest BCUT2D eigenvalue weighted by Gasteiger charge is 2.14. The van der Waals surface area contributed by atoms with E-state index >= 15 is 0 Å². The highest BCUT2D eigenvalue weighted by atomic mass is 32.2. The standard InChI is InChI=1S/C24H31N5OS/c1-15(2)14-29-19(6)22(18(5)28-29)11-12-23(30)27-20-7-9-21(10-8-20)31-24-25-16(3)13-17(4)26-24/h7-10,13,15H,11-12,14H2,1-6H3,(H,27,30). The predicted molar refractivity (Wildman–Crippen MR) is 126 cm³/mol. The number of aryl methyl sites for hydroxylation is 3. The molecule has 1 aromatic carbocycles. The van der Waals surface area contributed by atoms with Crippen molar-refractivity contribution < 1.29 is 4.79 Å². The van der Waals surface area contributed by atoms with Gasteiger partial charge >= 0.3 is 0 Å². The molecule has 6 nitrogen and oxygen atoms in total. The minimum atomic E-state index is 0.00783. The van der Waals surface area contributed by atoms with Gasteiger partial charge in [0.1, 0.15) is 0 Å². The van der Waals surface area contributed by atoms with Gasteiger partial charge < -0.3 is 5.32 Å². The van der Waals surface area contributed by atoms with Crippen LogP contribution in [0.3, 0.4) is 0 Å². The number of amides is 1. The quantitative estimate of drug-likeness (QED) is 0.485. The SMILES string of the molecule is Cc1cc(C)nc(Sc2ccc(NC(=O)CCc3c(C)nn(CC(C)C)c3C)cc2)n1. The molecule has 0 fully saturated rings. The molecule has 0 saturated carbocycles. The molecular weight excluding hydrogens is 406 g/mol. The van der Waals surface area contributed by atoms with Crippen LogP contribution >= 0.6 is 11.8 Å². The van der Waals surface area contributed by atoms with E-state index in [0.717, 1.165) is 45.1 Å². The Morgan fingerprint density at radius 1 is 1.06 bits per heavy atom. The van der Waals surface area contributed by atoms with Gasteiger partial charge in [-0.2, -0.15) is 5.10 Å². The molecule has 7 heteroatoms. The molecule has 3 rings (SSSR count). The van der Waals surface area contributed by atoms with Gasteiger partial charge in [-0.1, -0.05) is 13.8 Å². The highest BCUT2D eigenvalue weighted by Crippen LogP contribution is 2.26. The van der Waals surface area contributed by atoms with Crippen molar-refractivity contribution in [3.05, 3.63) is 58.7 Å². The van der Waals surface area contributed by atoms with E-state index in [1.807, 2.05) is 51.1 Å². The van der Waals surface area contributed by atoms with E-state index in [0.29, 0.717) is 18.8 Å². The van der Waals surface area contributed by atoms with E-state index in [1.165, 1.54) is 17.3 Å². The van der Waals surface area contributed by atoms with Crippen LogP contribution in [0.15, 0.2) is 40.4 Å². The first-order valence-electron chi connectivity index (χ1n) is 10.6. The van der Waals surface area contributed by atoms with Crippen molar-refractivity contribution in [2.75, 3.05) is 5.32 Å². The Bertz CT molecular complexity index is 1040. The van der Waals surface area contributed by atoms with Crippen molar-refractivity contribution in [1.29, 1.82) is 0 Å². The van der Waals surface area contributed by atoms with Gasteiger partial charge in [-0.3, -0.25) is 9.48 Å². The van der Waals surface area contributed by atoms with E-state index in [4.69, 9.17) is 0 Å². The van der Waals surface area contributed by atoms with Crippen molar-refractivity contribution in [2.45, 2.75) is 71.0 Å². The van der Waals surface area contributed by atoms with Crippen LogP contribution in [0.4, 0.5) is 5.69 Å². The number of carbonyl (C=O) groups excluding carboxylic acids is 1. The Labute approximate surface area is 188 Å². The zero-order chi connectivity index (χ0) is 22.5. The van der Waals surface area contributed by atoms with Crippen LogP contribution in [-0.2, 0) is 17.8 Å². The van der Waals surface area contributed by atoms with Crippen molar-refractivity contribution in [3.8, 4) is 0 Å². The molecule has 1 N–H and O–H groups in total. The fourth-order valence-electron chi connectivity index (χ4n) is 3.53. The molecular formula is C24H31N5OS. The third-order valence-electron chi connectivity index (χ3n) is 4.98. The lowest BCUT2D eigenvalue weighted by molar-refractivity contribution is -0.116. The highest BCUT2D eigenvalue weighted by molar-refractivity contribution is 7.99. The monoisotopic (exact) mass is 437 g/mol. The number of rotatable bonds is 8. The second-order valence-corrected chi connectivity index (χ2v) is 9.37. The van der Waals surface area contributed by atoms with Crippen molar-refractivity contribution in [1.82, 2.24) is 19.7 Å². The van der Waals surface area contributed by atoms with Crippen molar-refractivity contribution in [3.63, 3.8) is 0 Å². The molecule has 31 heavy (non-hydrogen) atoms. The molecule has 0 atom stereocenters. The summed E-state index contributed by atoms with van der Waals surface area (Å²) in [6, 6.07) is 9.75. The maximum Gasteiger partial charge on any atom is 0.224 e. The van der Waals surface area contributed by atoms with Crippen LogP contribution in [0, 0.1) is 33.6 Å². The van der Waals surface area contributed by atoms with Crippen LogP contribution in [-0.4, -0.2) is 25.7 Å². The number of anilines is 1. The molecule has 0 unspecified atom stereocenters. The average molecular weight is 438 g/mol. The number of hydrogen-bond donors (Lipinski definition) is 1.